The maximum absolute atomic E-state index is 11.0. The topological polar surface area (TPSA) is 37.3 Å². The number of carboxylic acid groups (broad SMARTS) is 1. The molecule has 0 atom stereocenters. The highest BCUT2D eigenvalue weighted by molar-refractivity contribution is 5.91. The number of aliphatic carboxylic acids is 1. The van der Waals surface area contributed by atoms with Gasteiger partial charge in [-0.2, -0.15) is 0 Å². The van der Waals surface area contributed by atoms with Crippen molar-refractivity contribution in [1.82, 2.24) is 0 Å². The number of hydrogen-bond acceptors (Lipinski definition) is 1. The van der Waals surface area contributed by atoms with Crippen LogP contribution in [0.1, 0.15) is 29.5 Å². The maximum Gasteiger partial charge on any atom is 0.328 e. The van der Waals surface area contributed by atoms with Gasteiger partial charge in [-0.3, -0.25) is 0 Å². The Labute approximate surface area is 124 Å². The minimum absolute atomic E-state index is 0.844. The van der Waals surface area contributed by atoms with Crippen LogP contribution in [-0.2, 0) is 11.2 Å². The first-order valence-corrected chi connectivity index (χ1v) is 7.28. The van der Waals surface area contributed by atoms with Gasteiger partial charge >= 0.3 is 5.97 Å². The second kappa shape index (κ2) is 5.57. The third-order valence-electron chi connectivity index (χ3n) is 4.10. The summed E-state index contributed by atoms with van der Waals surface area (Å²) in [6.07, 6.45) is 4.26. The summed E-state index contributed by atoms with van der Waals surface area (Å²) in [5.74, 6) is -0.862. The zero-order chi connectivity index (χ0) is 14.8. The van der Waals surface area contributed by atoms with Crippen molar-refractivity contribution < 1.29 is 9.90 Å². The number of allylic oxidation sites excluding steroid dienone is 1. The lowest BCUT2D eigenvalue weighted by molar-refractivity contribution is -0.131. The Hall–Kier alpha value is -2.35. The molecule has 0 spiro atoms. The van der Waals surface area contributed by atoms with Crippen LogP contribution in [0.5, 0.6) is 0 Å². The fraction of sp³-hybridized carbons (Fsp3) is 0.211. The van der Waals surface area contributed by atoms with Crippen LogP contribution in [0.3, 0.4) is 0 Å². The predicted octanol–water partition coefficient (Wildman–Crippen LogP) is 4.47. The van der Waals surface area contributed by atoms with Gasteiger partial charge in [0.2, 0.25) is 0 Å². The van der Waals surface area contributed by atoms with Crippen LogP contribution in [0, 0.1) is 6.92 Å². The van der Waals surface area contributed by atoms with Gasteiger partial charge in [-0.05, 0) is 65.6 Å². The van der Waals surface area contributed by atoms with Crippen molar-refractivity contribution in [3.05, 3.63) is 65.2 Å². The number of rotatable bonds is 2. The van der Waals surface area contributed by atoms with Crippen LogP contribution in [0.15, 0.2) is 48.5 Å². The molecule has 1 aliphatic rings. The van der Waals surface area contributed by atoms with Crippen LogP contribution in [0.4, 0.5) is 0 Å². The van der Waals surface area contributed by atoms with Gasteiger partial charge in [0, 0.05) is 6.08 Å². The molecule has 2 heteroatoms. The highest BCUT2D eigenvalue weighted by Crippen LogP contribution is 2.34. The van der Waals surface area contributed by atoms with Crippen molar-refractivity contribution in [2.24, 2.45) is 0 Å². The first-order valence-electron chi connectivity index (χ1n) is 7.28. The lowest BCUT2D eigenvalue weighted by atomic mass is 9.85. The van der Waals surface area contributed by atoms with E-state index in [2.05, 4.69) is 37.3 Å². The van der Waals surface area contributed by atoms with E-state index >= 15 is 0 Å². The van der Waals surface area contributed by atoms with Gasteiger partial charge in [0.25, 0.3) is 0 Å². The van der Waals surface area contributed by atoms with Gasteiger partial charge in [0.05, 0.1) is 0 Å². The molecular weight excluding hydrogens is 260 g/mol. The zero-order valence-electron chi connectivity index (χ0n) is 12.1. The van der Waals surface area contributed by atoms with E-state index in [0.717, 1.165) is 36.0 Å². The third kappa shape index (κ3) is 2.75. The summed E-state index contributed by atoms with van der Waals surface area (Å²) >= 11 is 0. The summed E-state index contributed by atoms with van der Waals surface area (Å²) in [7, 11) is 0. The van der Waals surface area contributed by atoms with E-state index in [4.69, 9.17) is 5.11 Å². The third-order valence-corrected chi connectivity index (χ3v) is 4.10. The number of carboxylic acids is 1. The van der Waals surface area contributed by atoms with Gasteiger partial charge in [-0.1, -0.05) is 36.4 Å². The highest BCUT2D eigenvalue weighted by atomic mass is 16.4. The second-order valence-corrected chi connectivity index (χ2v) is 5.55. The average Bonchev–Trinajstić information content (AvgIpc) is 2.47. The molecule has 2 nitrogen and oxygen atoms in total. The lowest BCUT2D eigenvalue weighted by Crippen LogP contribution is -2.04. The van der Waals surface area contributed by atoms with E-state index in [0.29, 0.717) is 0 Å². The van der Waals surface area contributed by atoms with Crippen molar-refractivity contribution in [2.75, 3.05) is 0 Å². The minimum atomic E-state index is -0.862. The maximum atomic E-state index is 11.0. The average molecular weight is 278 g/mol. The van der Waals surface area contributed by atoms with Gasteiger partial charge in [-0.15, -0.1) is 0 Å². The Bertz CT molecular complexity index is 726. The Morgan fingerprint density at radius 2 is 1.90 bits per heavy atom. The Balaban J connectivity index is 2.12. The van der Waals surface area contributed by atoms with E-state index in [1.165, 1.54) is 22.8 Å². The summed E-state index contributed by atoms with van der Waals surface area (Å²) in [4.78, 5) is 11.0. The molecule has 0 fully saturated rings. The van der Waals surface area contributed by atoms with Crippen molar-refractivity contribution in [3.8, 4) is 11.1 Å². The van der Waals surface area contributed by atoms with Crippen molar-refractivity contribution in [2.45, 2.75) is 26.2 Å². The molecule has 0 bridgehead atoms. The van der Waals surface area contributed by atoms with Gasteiger partial charge in [0.1, 0.15) is 0 Å². The number of hydrogen-bond donors (Lipinski definition) is 1. The molecule has 3 rings (SSSR count). The highest BCUT2D eigenvalue weighted by Gasteiger charge is 2.16. The first kappa shape index (κ1) is 13.6. The summed E-state index contributed by atoms with van der Waals surface area (Å²) in [5, 5.41) is 9.05. The Morgan fingerprint density at radius 3 is 2.67 bits per heavy atom. The normalized spacial score (nSPS) is 15.8. The predicted molar refractivity (Wildman–Crippen MR) is 85.2 cm³/mol. The van der Waals surface area contributed by atoms with E-state index in [1.807, 2.05) is 12.1 Å². The van der Waals surface area contributed by atoms with E-state index in [1.54, 1.807) is 0 Å². The fourth-order valence-corrected chi connectivity index (χ4v) is 3.06. The molecule has 2 aromatic rings. The van der Waals surface area contributed by atoms with Crippen molar-refractivity contribution in [1.29, 1.82) is 0 Å². The molecule has 2 aromatic carbocycles. The van der Waals surface area contributed by atoms with E-state index in [-0.39, 0.29) is 0 Å². The molecular formula is C19H18O2. The minimum Gasteiger partial charge on any atom is -0.478 e. The van der Waals surface area contributed by atoms with Crippen LogP contribution in [-0.4, -0.2) is 11.1 Å². The first-order chi connectivity index (χ1) is 10.1. The standard InChI is InChI=1S/C19H18O2/c1-13-5-2-3-8-17(13)16-10-9-14-6-4-7-15(12-19(20)21)18(14)11-16/h2-3,5,8-12H,4,6-7H2,1H3,(H,20,21)/b15-12+. The van der Waals surface area contributed by atoms with Crippen molar-refractivity contribution in [3.63, 3.8) is 0 Å². The Kier molecular flexibility index (Phi) is 3.61. The molecule has 0 amide bonds. The monoisotopic (exact) mass is 278 g/mol. The molecule has 1 aliphatic carbocycles. The van der Waals surface area contributed by atoms with Crippen LogP contribution in [0.25, 0.3) is 16.7 Å². The molecule has 0 aromatic heterocycles. The molecule has 0 unspecified atom stereocenters. The summed E-state index contributed by atoms with van der Waals surface area (Å²) in [6.45, 7) is 2.10. The molecule has 0 saturated heterocycles. The van der Waals surface area contributed by atoms with E-state index < -0.39 is 5.97 Å². The molecule has 106 valence electrons. The van der Waals surface area contributed by atoms with Crippen LogP contribution >= 0.6 is 0 Å². The molecule has 21 heavy (non-hydrogen) atoms. The number of aryl methyl sites for hydroxylation is 2. The van der Waals surface area contributed by atoms with Gasteiger partial charge in [-0.25, -0.2) is 4.79 Å². The SMILES string of the molecule is Cc1ccccc1-c1ccc2c(c1)/C(=C/C(=O)O)CCC2. The zero-order valence-corrected chi connectivity index (χ0v) is 12.1. The second-order valence-electron chi connectivity index (χ2n) is 5.55. The number of benzene rings is 2. The van der Waals surface area contributed by atoms with Crippen molar-refractivity contribution >= 4 is 11.5 Å². The molecule has 0 heterocycles. The molecule has 0 radical (unpaired) electrons. The summed E-state index contributed by atoms with van der Waals surface area (Å²) < 4.78 is 0. The van der Waals surface area contributed by atoms with Gasteiger partial charge < -0.3 is 5.11 Å². The lowest BCUT2D eigenvalue weighted by Gasteiger charge is -2.20. The van der Waals surface area contributed by atoms with Gasteiger partial charge in [0.15, 0.2) is 0 Å². The molecule has 1 N–H and O–H groups in total. The smallest absolute Gasteiger partial charge is 0.328 e. The summed E-state index contributed by atoms with van der Waals surface area (Å²) in [6, 6.07) is 14.7. The fourth-order valence-electron chi connectivity index (χ4n) is 3.06. The number of carbonyl (C=O) groups is 1. The quantitative estimate of drug-likeness (QED) is 0.823. The van der Waals surface area contributed by atoms with Crippen LogP contribution in [0.2, 0.25) is 0 Å². The molecule has 0 aliphatic heterocycles. The summed E-state index contributed by atoms with van der Waals surface area (Å²) in [5.41, 5.74) is 6.90. The molecule has 0 saturated carbocycles. The number of fused-ring (bicyclic) bond motifs is 1. The van der Waals surface area contributed by atoms with Crippen LogP contribution < -0.4 is 0 Å². The largest absolute Gasteiger partial charge is 0.478 e. The van der Waals surface area contributed by atoms with E-state index in [9.17, 15) is 4.79 Å². The Morgan fingerprint density at radius 1 is 1.10 bits per heavy atom.